The summed E-state index contributed by atoms with van der Waals surface area (Å²) in [5.74, 6) is 0.931. The summed E-state index contributed by atoms with van der Waals surface area (Å²) in [5.41, 5.74) is 1.31. The first kappa shape index (κ1) is 19.9. The monoisotopic (exact) mass is 382 g/mol. The molecule has 0 heterocycles. The molecule has 1 saturated carbocycles. The van der Waals surface area contributed by atoms with E-state index in [4.69, 9.17) is 14.2 Å². The zero-order valence-corrected chi connectivity index (χ0v) is 16.2. The summed E-state index contributed by atoms with van der Waals surface area (Å²) in [6.07, 6.45) is 6.16. The molecule has 0 atom stereocenters. The van der Waals surface area contributed by atoms with E-state index in [2.05, 4.69) is 0 Å². The first-order chi connectivity index (χ1) is 13.6. The topological polar surface area (TPSA) is 61.8 Å². The predicted molar refractivity (Wildman–Crippen MR) is 106 cm³/mol. The lowest BCUT2D eigenvalue weighted by molar-refractivity contribution is -0.133. The van der Waals surface area contributed by atoms with Gasteiger partial charge in [-0.2, -0.15) is 0 Å². The third-order valence-corrected chi connectivity index (χ3v) is 5.00. The SMILES string of the molecule is COc1ccc(CC(=O)Oc2ccc(C(=O)OCC3CCCCC3)cc2)cc1. The average Bonchev–Trinajstić information content (AvgIpc) is 2.74. The Bertz CT molecular complexity index is 774. The van der Waals surface area contributed by atoms with Gasteiger partial charge in [-0.1, -0.05) is 31.4 Å². The van der Waals surface area contributed by atoms with Gasteiger partial charge in [0.15, 0.2) is 0 Å². The lowest BCUT2D eigenvalue weighted by Crippen LogP contribution is -2.16. The summed E-state index contributed by atoms with van der Waals surface area (Å²) in [7, 11) is 1.60. The van der Waals surface area contributed by atoms with Crippen LogP contribution in [-0.2, 0) is 16.0 Å². The van der Waals surface area contributed by atoms with Crippen LogP contribution >= 0.6 is 0 Å². The Morgan fingerprint density at radius 3 is 2.18 bits per heavy atom. The van der Waals surface area contributed by atoms with Crippen LogP contribution in [0.4, 0.5) is 0 Å². The molecule has 148 valence electrons. The molecular weight excluding hydrogens is 356 g/mol. The highest BCUT2D eigenvalue weighted by atomic mass is 16.5. The number of rotatable bonds is 7. The van der Waals surface area contributed by atoms with Crippen LogP contribution < -0.4 is 9.47 Å². The molecule has 28 heavy (non-hydrogen) atoms. The summed E-state index contributed by atoms with van der Waals surface area (Å²) in [6.45, 7) is 0.484. The second-order valence-corrected chi connectivity index (χ2v) is 7.13. The lowest BCUT2D eigenvalue weighted by atomic mass is 9.90. The van der Waals surface area contributed by atoms with Crippen LogP contribution in [0.5, 0.6) is 11.5 Å². The van der Waals surface area contributed by atoms with E-state index in [-0.39, 0.29) is 18.4 Å². The van der Waals surface area contributed by atoms with Crippen molar-refractivity contribution in [3.8, 4) is 11.5 Å². The van der Waals surface area contributed by atoms with E-state index in [1.54, 1.807) is 43.5 Å². The second kappa shape index (κ2) is 9.93. The van der Waals surface area contributed by atoms with Crippen molar-refractivity contribution in [3.63, 3.8) is 0 Å². The van der Waals surface area contributed by atoms with Gasteiger partial charge in [0.1, 0.15) is 11.5 Å². The van der Waals surface area contributed by atoms with E-state index in [1.807, 2.05) is 12.1 Å². The number of carbonyl (C=O) groups excluding carboxylic acids is 2. The van der Waals surface area contributed by atoms with Crippen LogP contribution in [0, 0.1) is 5.92 Å². The third kappa shape index (κ3) is 5.84. The number of hydrogen-bond acceptors (Lipinski definition) is 5. The molecule has 0 bridgehead atoms. The fraction of sp³-hybridized carbons (Fsp3) is 0.391. The van der Waals surface area contributed by atoms with Gasteiger partial charge in [0.05, 0.1) is 25.7 Å². The Morgan fingerprint density at radius 1 is 0.893 bits per heavy atom. The van der Waals surface area contributed by atoms with Crippen molar-refractivity contribution in [1.82, 2.24) is 0 Å². The molecule has 0 spiro atoms. The number of methoxy groups -OCH3 is 1. The summed E-state index contributed by atoms with van der Waals surface area (Å²) in [5, 5.41) is 0. The standard InChI is InChI=1S/C23H26O5/c1-26-20-11-7-17(8-12-20)15-22(24)28-21-13-9-19(10-14-21)23(25)27-16-18-5-3-2-4-6-18/h7-14,18H,2-6,15-16H2,1H3. The number of ether oxygens (including phenoxy) is 3. The molecule has 2 aromatic rings. The van der Waals surface area contributed by atoms with Crippen LogP contribution in [0.25, 0.3) is 0 Å². The average molecular weight is 382 g/mol. The van der Waals surface area contributed by atoms with Crippen molar-refractivity contribution in [1.29, 1.82) is 0 Å². The Hall–Kier alpha value is -2.82. The molecule has 3 rings (SSSR count). The normalized spacial score (nSPS) is 14.3. The molecule has 0 aliphatic heterocycles. The molecule has 1 aliphatic carbocycles. The van der Waals surface area contributed by atoms with Crippen molar-refractivity contribution in [2.45, 2.75) is 38.5 Å². The maximum Gasteiger partial charge on any atom is 0.338 e. The van der Waals surface area contributed by atoms with Crippen LogP contribution in [0.1, 0.15) is 48.0 Å². The molecule has 1 fully saturated rings. The quantitative estimate of drug-likeness (QED) is 0.518. The molecular formula is C23H26O5. The van der Waals surface area contributed by atoms with Crippen molar-refractivity contribution in [3.05, 3.63) is 59.7 Å². The maximum atomic E-state index is 12.2. The Balaban J connectivity index is 1.47. The van der Waals surface area contributed by atoms with Gasteiger partial charge in [0, 0.05) is 0 Å². The highest BCUT2D eigenvalue weighted by Crippen LogP contribution is 2.24. The van der Waals surface area contributed by atoms with Gasteiger partial charge in [-0.25, -0.2) is 4.79 Å². The van der Waals surface area contributed by atoms with E-state index in [1.165, 1.54) is 19.3 Å². The van der Waals surface area contributed by atoms with Crippen molar-refractivity contribution in [2.24, 2.45) is 5.92 Å². The number of hydrogen-bond donors (Lipinski definition) is 0. The van der Waals surface area contributed by atoms with E-state index < -0.39 is 0 Å². The molecule has 0 saturated heterocycles. The second-order valence-electron chi connectivity index (χ2n) is 7.13. The molecule has 0 aromatic heterocycles. The van der Waals surface area contributed by atoms with E-state index in [9.17, 15) is 9.59 Å². The van der Waals surface area contributed by atoms with Gasteiger partial charge in [-0.3, -0.25) is 4.79 Å². The van der Waals surface area contributed by atoms with Crippen LogP contribution in [-0.4, -0.2) is 25.7 Å². The minimum atomic E-state index is -0.363. The lowest BCUT2D eigenvalue weighted by Gasteiger charge is -2.21. The molecule has 0 unspecified atom stereocenters. The number of carbonyl (C=O) groups is 2. The highest BCUT2D eigenvalue weighted by Gasteiger charge is 2.16. The van der Waals surface area contributed by atoms with Crippen LogP contribution in [0.15, 0.2) is 48.5 Å². The molecule has 5 heteroatoms. The van der Waals surface area contributed by atoms with Crippen molar-refractivity contribution >= 4 is 11.9 Å². The first-order valence-electron chi connectivity index (χ1n) is 9.75. The zero-order chi connectivity index (χ0) is 19.8. The summed E-state index contributed by atoms with van der Waals surface area (Å²) in [6, 6.07) is 13.7. The maximum absolute atomic E-state index is 12.2. The summed E-state index contributed by atoms with van der Waals surface area (Å²) >= 11 is 0. The molecule has 2 aromatic carbocycles. The first-order valence-corrected chi connectivity index (χ1v) is 9.75. The van der Waals surface area contributed by atoms with Gasteiger partial charge >= 0.3 is 11.9 Å². The number of benzene rings is 2. The van der Waals surface area contributed by atoms with Crippen LogP contribution in [0.2, 0.25) is 0 Å². The zero-order valence-electron chi connectivity index (χ0n) is 16.2. The largest absolute Gasteiger partial charge is 0.497 e. The van der Waals surface area contributed by atoms with Crippen molar-refractivity contribution < 1.29 is 23.8 Å². The number of esters is 2. The van der Waals surface area contributed by atoms with Crippen LogP contribution in [0.3, 0.4) is 0 Å². The fourth-order valence-electron chi connectivity index (χ4n) is 3.37. The minimum Gasteiger partial charge on any atom is -0.497 e. The Labute approximate surface area is 165 Å². The predicted octanol–water partition coefficient (Wildman–Crippen LogP) is 4.58. The van der Waals surface area contributed by atoms with Gasteiger partial charge in [0.2, 0.25) is 0 Å². The van der Waals surface area contributed by atoms with Gasteiger partial charge in [0.25, 0.3) is 0 Å². The smallest absolute Gasteiger partial charge is 0.338 e. The summed E-state index contributed by atoms with van der Waals surface area (Å²) < 4.78 is 15.9. The highest BCUT2D eigenvalue weighted by molar-refractivity contribution is 5.89. The Kier molecular flexibility index (Phi) is 7.06. The third-order valence-electron chi connectivity index (χ3n) is 5.00. The molecule has 0 radical (unpaired) electrons. The fourth-order valence-corrected chi connectivity index (χ4v) is 3.37. The van der Waals surface area contributed by atoms with E-state index >= 15 is 0 Å². The van der Waals surface area contributed by atoms with Gasteiger partial charge in [-0.05, 0) is 60.7 Å². The van der Waals surface area contributed by atoms with Gasteiger partial charge in [-0.15, -0.1) is 0 Å². The molecule has 1 aliphatic rings. The summed E-state index contributed by atoms with van der Waals surface area (Å²) in [4.78, 5) is 24.3. The van der Waals surface area contributed by atoms with E-state index in [0.717, 1.165) is 24.2 Å². The van der Waals surface area contributed by atoms with Gasteiger partial charge < -0.3 is 14.2 Å². The molecule has 0 N–H and O–H groups in total. The molecule has 5 nitrogen and oxygen atoms in total. The van der Waals surface area contributed by atoms with Crippen molar-refractivity contribution in [2.75, 3.05) is 13.7 Å². The van der Waals surface area contributed by atoms with E-state index in [0.29, 0.717) is 23.8 Å². The molecule has 0 amide bonds. The minimum absolute atomic E-state index is 0.162. The Morgan fingerprint density at radius 2 is 1.54 bits per heavy atom.